The van der Waals surface area contributed by atoms with E-state index in [1.54, 1.807) is 18.2 Å². The van der Waals surface area contributed by atoms with Gasteiger partial charge >= 0.3 is 0 Å². The minimum absolute atomic E-state index is 0.196. The molecule has 1 saturated heterocycles. The summed E-state index contributed by atoms with van der Waals surface area (Å²) in [5.41, 5.74) is 0.339. The number of rotatable bonds is 11. The highest BCUT2D eigenvalue weighted by Crippen LogP contribution is 2.38. The number of ether oxygens (including phenoxy) is 3. The number of halogens is 3. The number of hydrogen-bond acceptors (Lipinski definition) is 7. The van der Waals surface area contributed by atoms with Crippen LogP contribution in [-0.2, 0) is 10.0 Å². The zero-order valence-corrected chi connectivity index (χ0v) is 24.6. The van der Waals surface area contributed by atoms with Crippen LogP contribution in [0.5, 0.6) is 23.0 Å². The van der Waals surface area contributed by atoms with Crippen molar-refractivity contribution in [2.45, 2.75) is 31.1 Å². The molecule has 1 aliphatic rings. The number of methoxy groups -OCH3 is 1. The Morgan fingerprint density at radius 2 is 1.81 bits per heavy atom. The highest BCUT2D eigenvalue weighted by atomic mass is 32.2. The Bertz CT molecular complexity index is 1720. The predicted octanol–water partition coefficient (Wildman–Crippen LogP) is 6.75. The average molecular weight is 616 g/mol. The van der Waals surface area contributed by atoms with Crippen LogP contribution in [0.4, 0.5) is 18.9 Å². The summed E-state index contributed by atoms with van der Waals surface area (Å²) in [4.78, 5) is 5.96. The van der Waals surface area contributed by atoms with Gasteiger partial charge in [0, 0.05) is 36.8 Å². The number of aromatic nitrogens is 1. The summed E-state index contributed by atoms with van der Waals surface area (Å²) >= 11 is 0. The molecule has 0 amide bonds. The zero-order chi connectivity index (χ0) is 30.6. The van der Waals surface area contributed by atoms with Gasteiger partial charge in [0.05, 0.1) is 24.9 Å². The van der Waals surface area contributed by atoms with Crippen LogP contribution >= 0.6 is 0 Å². The quantitative estimate of drug-likeness (QED) is 0.187. The van der Waals surface area contributed by atoms with Crippen molar-refractivity contribution in [3.8, 4) is 23.0 Å². The molecular weight excluding hydrogens is 583 g/mol. The summed E-state index contributed by atoms with van der Waals surface area (Å²) in [6.07, 6.45) is 4.88. The minimum Gasteiger partial charge on any atom is -0.493 e. The van der Waals surface area contributed by atoms with Crippen LogP contribution in [0, 0.1) is 23.4 Å². The van der Waals surface area contributed by atoms with Gasteiger partial charge in [0.25, 0.3) is 10.0 Å². The number of nitrogens with one attached hydrogen (secondary N) is 1. The number of anilines is 1. The first-order valence-electron chi connectivity index (χ1n) is 13.9. The number of benzene rings is 3. The Kier molecular flexibility index (Phi) is 9.26. The van der Waals surface area contributed by atoms with Crippen LogP contribution < -0.4 is 18.9 Å². The Morgan fingerprint density at radius 1 is 0.977 bits per heavy atom. The molecule has 3 aromatic carbocycles. The fraction of sp³-hybridized carbons (Fsp3) is 0.323. The molecule has 5 rings (SSSR count). The van der Waals surface area contributed by atoms with Crippen LogP contribution in [0.15, 0.2) is 65.7 Å². The van der Waals surface area contributed by atoms with E-state index >= 15 is 4.39 Å². The van der Waals surface area contributed by atoms with Gasteiger partial charge < -0.3 is 19.1 Å². The summed E-state index contributed by atoms with van der Waals surface area (Å²) in [6, 6.07) is 10.4. The van der Waals surface area contributed by atoms with Gasteiger partial charge in [-0.05, 0) is 74.2 Å². The van der Waals surface area contributed by atoms with Gasteiger partial charge in [0.2, 0.25) is 0 Å². The first-order valence-corrected chi connectivity index (χ1v) is 15.4. The number of likely N-dealkylation sites (tertiary alicyclic amines) is 1. The summed E-state index contributed by atoms with van der Waals surface area (Å²) in [5, 5.41) is 0.541. The van der Waals surface area contributed by atoms with Crippen molar-refractivity contribution in [2.75, 3.05) is 38.1 Å². The number of pyridine rings is 1. The SMILES string of the molecule is COc1cc2c(Oc3ccc(NS(=O)(=O)c4cc(F)ccc4F)cc3F)ccnc2cc1OCCCN1CCCC(C)C1. The lowest BCUT2D eigenvalue weighted by Crippen LogP contribution is -2.35. The zero-order valence-electron chi connectivity index (χ0n) is 23.8. The van der Waals surface area contributed by atoms with Crippen molar-refractivity contribution in [3.63, 3.8) is 0 Å². The highest BCUT2D eigenvalue weighted by Gasteiger charge is 2.21. The lowest BCUT2D eigenvalue weighted by atomic mass is 10.0. The smallest absolute Gasteiger partial charge is 0.264 e. The summed E-state index contributed by atoms with van der Waals surface area (Å²) in [6.45, 7) is 5.98. The highest BCUT2D eigenvalue weighted by molar-refractivity contribution is 7.92. The molecular formula is C31H32F3N3O5S. The Labute approximate surface area is 248 Å². The second kappa shape index (κ2) is 13.1. The van der Waals surface area contributed by atoms with Crippen molar-refractivity contribution in [1.29, 1.82) is 0 Å². The van der Waals surface area contributed by atoms with Crippen LogP contribution in [0.3, 0.4) is 0 Å². The lowest BCUT2D eigenvalue weighted by molar-refractivity contribution is 0.169. The molecule has 4 aromatic rings. The second-order valence-electron chi connectivity index (χ2n) is 10.5. The third-order valence-corrected chi connectivity index (χ3v) is 8.59. The van der Waals surface area contributed by atoms with E-state index < -0.39 is 32.4 Å². The molecule has 1 unspecified atom stereocenters. The first-order chi connectivity index (χ1) is 20.6. The van der Waals surface area contributed by atoms with Crippen molar-refractivity contribution >= 4 is 26.6 Å². The standard InChI is InChI=1S/C31H32F3N3O5S/c1-20-5-3-12-37(19-20)13-4-14-41-30-18-26-23(17-29(30)40-2)27(10-11-35-26)42-28-9-7-22(16-25(28)34)36-43(38,39)31-15-21(32)6-8-24(31)33/h6-11,15-18,20,36H,3-5,12-14,19H2,1-2H3. The van der Waals surface area contributed by atoms with E-state index in [-0.39, 0.29) is 17.2 Å². The van der Waals surface area contributed by atoms with Crippen LogP contribution in [0.1, 0.15) is 26.2 Å². The molecule has 1 aromatic heterocycles. The van der Waals surface area contributed by atoms with Gasteiger partial charge in [0.1, 0.15) is 22.3 Å². The third-order valence-electron chi connectivity index (χ3n) is 7.19. The van der Waals surface area contributed by atoms with Gasteiger partial charge in [-0.15, -0.1) is 0 Å². The molecule has 0 saturated carbocycles. The Morgan fingerprint density at radius 3 is 2.58 bits per heavy atom. The van der Waals surface area contributed by atoms with E-state index in [0.717, 1.165) is 44.1 Å². The van der Waals surface area contributed by atoms with Gasteiger partial charge in [-0.2, -0.15) is 0 Å². The van der Waals surface area contributed by atoms with Gasteiger partial charge in [-0.1, -0.05) is 6.92 Å². The van der Waals surface area contributed by atoms with E-state index in [2.05, 4.69) is 21.5 Å². The minimum atomic E-state index is -4.52. The van der Waals surface area contributed by atoms with Crippen LogP contribution in [0.2, 0.25) is 0 Å². The molecule has 1 aliphatic heterocycles. The number of hydrogen-bond donors (Lipinski definition) is 1. The molecule has 12 heteroatoms. The number of fused-ring (bicyclic) bond motifs is 1. The second-order valence-corrected chi connectivity index (χ2v) is 12.2. The van der Waals surface area contributed by atoms with Crippen molar-refractivity contribution in [1.82, 2.24) is 9.88 Å². The molecule has 228 valence electrons. The normalized spacial score (nSPS) is 15.8. The molecule has 1 atom stereocenters. The number of sulfonamides is 1. The molecule has 43 heavy (non-hydrogen) atoms. The predicted molar refractivity (Wildman–Crippen MR) is 157 cm³/mol. The molecule has 0 spiro atoms. The largest absolute Gasteiger partial charge is 0.493 e. The van der Waals surface area contributed by atoms with E-state index in [1.807, 2.05) is 0 Å². The average Bonchev–Trinajstić information content (AvgIpc) is 2.97. The third kappa shape index (κ3) is 7.31. The Balaban J connectivity index is 1.29. The maximum absolute atomic E-state index is 15.0. The molecule has 8 nitrogen and oxygen atoms in total. The van der Waals surface area contributed by atoms with Gasteiger partial charge in [0.15, 0.2) is 23.1 Å². The van der Waals surface area contributed by atoms with Crippen molar-refractivity contribution < 1.29 is 35.8 Å². The molecule has 0 bridgehead atoms. The Hall–Kier alpha value is -4.03. The molecule has 1 N–H and O–H groups in total. The van der Waals surface area contributed by atoms with E-state index in [0.29, 0.717) is 41.1 Å². The number of piperidine rings is 1. The van der Waals surface area contributed by atoms with E-state index in [4.69, 9.17) is 14.2 Å². The molecule has 2 heterocycles. The number of nitrogens with zero attached hydrogens (tertiary/aromatic N) is 2. The van der Waals surface area contributed by atoms with E-state index in [1.165, 1.54) is 38.3 Å². The fourth-order valence-corrected chi connectivity index (χ4v) is 6.25. The maximum atomic E-state index is 15.0. The summed E-state index contributed by atoms with van der Waals surface area (Å²) < 4.78 is 87.2. The first kappa shape index (κ1) is 30.4. The maximum Gasteiger partial charge on any atom is 0.264 e. The van der Waals surface area contributed by atoms with Crippen molar-refractivity contribution in [3.05, 3.63) is 78.2 Å². The summed E-state index contributed by atoms with van der Waals surface area (Å²) in [7, 11) is -3.00. The monoisotopic (exact) mass is 615 g/mol. The molecule has 0 aliphatic carbocycles. The lowest BCUT2D eigenvalue weighted by Gasteiger charge is -2.30. The topological polar surface area (TPSA) is 90.0 Å². The van der Waals surface area contributed by atoms with Crippen LogP contribution in [0.25, 0.3) is 10.9 Å². The van der Waals surface area contributed by atoms with Crippen molar-refractivity contribution in [2.24, 2.45) is 5.92 Å². The molecule has 0 radical (unpaired) electrons. The van der Waals surface area contributed by atoms with E-state index in [9.17, 15) is 17.2 Å². The molecule has 1 fully saturated rings. The van der Waals surface area contributed by atoms with Crippen LogP contribution in [-0.4, -0.2) is 51.7 Å². The fourth-order valence-electron chi connectivity index (χ4n) is 5.11. The van der Waals surface area contributed by atoms with Gasteiger partial charge in [-0.25, -0.2) is 21.6 Å². The summed E-state index contributed by atoms with van der Waals surface area (Å²) in [5.74, 6) is -1.17. The van der Waals surface area contributed by atoms with Gasteiger partial charge in [-0.3, -0.25) is 9.71 Å².